The first kappa shape index (κ1) is 17.1. The number of hydrogen-bond donors (Lipinski definition) is 0. The summed E-state index contributed by atoms with van der Waals surface area (Å²) in [6.07, 6.45) is 0. The molecule has 116 valence electrons. The largest absolute Gasteiger partial charge is 0.465 e. The number of benzene rings is 1. The van der Waals surface area contributed by atoms with E-state index in [9.17, 15) is 23.3 Å². The predicted octanol–water partition coefficient (Wildman–Crippen LogP) is 1.17. The molecule has 0 saturated carbocycles. The zero-order chi connectivity index (χ0) is 16.0. The number of nitro benzene ring substituents is 1. The number of likely N-dealkylation sites (N-methyl/N-ethyl adjacent to an activating group) is 1. The van der Waals surface area contributed by atoms with E-state index in [-0.39, 0.29) is 23.7 Å². The molecule has 0 aromatic heterocycles. The molecule has 21 heavy (non-hydrogen) atoms. The minimum absolute atomic E-state index is 0.0815. The number of esters is 1. The molecule has 0 aliphatic heterocycles. The number of nitro groups is 1. The Kier molecular flexibility index (Phi) is 5.79. The maximum Gasteiger partial charge on any atom is 0.321 e. The van der Waals surface area contributed by atoms with Crippen LogP contribution in [0.25, 0.3) is 0 Å². The Labute approximate surface area is 122 Å². The molecular formula is C12H16N2O6S. The number of sulfonamides is 1. The molecule has 0 aliphatic carbocycles. The standard InChI is InChI=1S/C12H16N2O6S/c1-3-13(9-12(15)20-4-2)21(18,19)11-7-5-10(6-8-11)14(16)17/h5-8H,3-4,9H2,1-2H3. The monoisotopic (exact) mass is 316 g/mol. The van der Waals surface area contributed by atoms with Crippen LogP contribution in [-0.4, -0.2) is 43.3 Å². The molecule has 0 aliphatic rings. The molecule has 0 unspecified atom stereocenters. The Hall–Kier alpha value is -2.00. The van der Waals surface area contributed by atoms with Gasteiger partial charge in [0.25, 0.3) is 5.69 Å². The molecule has 9 heteroatoms. The molecule has 0 radical (unpaired) electrons. The van der Waals surface area contributed by atoms with Crippen LogP contribution < -0.4 is 0 Å². The van der Waals surface area contributed by atoms with Crippen molar-refractivity contribution in [2.45, 2.75) is 18.7 Å². The van der Waals surface area contributed by atoms with E-state index in [0.717, 1.165) is 28.6 Å². The molecular weight excluding hydrogens is 300 g/mol. The quantitative estimate of drug-likeness (QED) is 0.424. The summed E-state index contributed by atoms with van der Waals surface area (Å²) in [7, 11) is -3.90. The molecule has 0 atom stereocenters. The van der Waals surface area contributed by atoms with Crippen LogP contribution in [0.3, 0.4) is 0 Å². The van der Waals surface area contributed by atoms with Crippen molar-refractivity contribution in [3.8, 4) is 0 Å². The molecule has 0 fully saturated rings. The number of carbonyl (C=O) groups excluding carboxylic acids is 1. The van der Waals surface area contributed by atoms with E-state index in [1.165, 1.54) is 0 Å². The van der Waals surface area contributed by atoms with Gasteiger partial charge in [-0.2, -0.15) is 4.31 Å². The van der Waals surface area contributed by atoms with Gasteiger partial charge in [-0.25, -0.2) is 8.42 Å². The second-order valence-corrected chi connectivity index (χ2v) is 5.93. The summed E-state index contributed by atoms with van der Waals surface area (Å²) in [4.78, 5) is 21.2. The first-order valence-corrected chi connectivity index (χ1v) is 7.67. The molecule has 1 aromatic rings. The Bertz CT molecular complexity index is 611. The van der Waals surface area contributed by atoms with Crippen LogP contribution in [0.2, 0.25) is 0 Å². The van der Waals surface area contributed by atoms with Crippen molar-refractivity contribution in [2.24, 2.45) is 0 Å². The average molecular weight is 316 g/mol. The van der Waals surface area contributed by atoms with Crippen molar-refractivity contribution in [2.75, 3.05) is 19.7 Å². The molecule has 8 nitrogen and oxygen atoms in total. The Balaban J connectivity index is 3.01. The van der Waals surface area contributed by atoms with E-state index in [2.05, 4.69) is 0 Å². The summed E-state index contributed by atoms with van der Waals surface area (Å²) in [5, 5.41) is 10.6. The van der Waals surface area contributed by atoms with Crippen LogP contribution in [0.4, 0.5) is 5.69 Å². The maximum absolute atomic E-state index is 12.3. The summed E-state index contributed by atoms with van der Waals surface area (Å²) < 4.78 is 30.3. The van der Waals surface area contributed by atoms with Gasteiger partial charge in [0.2, 0.25) is 10.0 Å². The second kappa shape index (κ2) is 7.14. The predicted molar refractivity (Wildman–Crippen MR) is 74.2 cm³/mol. The molecule has 1 rings (SSSR count). The SMILES string of the molecule is CCOC(=O)CN(CC)S(=O)(=O)c1ccc([N+](=O)[O-])cc1. The molecule has 0 saturated heterocycles. The van der Waals surface area contributed by atoms with Gasteiger partial charge in [0.05, 0.1) is 16.4 Å². The number of rotatable bonds is 7. The highest BCUT2D eigenvalue weighted by atomic mass is 32.2. The van der Waals surface area contributed by atoms with E-state index in [1.54, 1.807) is 13.8 Å². The van der Waals surface area contributed by atoms with Crippen LogP contribution in [-0.2, 0) is 19.6 Å². The molecule has 1 aromatic carbocycles. The van der Waals surface area contributed by atoms with Crippen LogP contribution in [0, 0.1) is 10.1 Å². The summed E-state index contributed by atoms with van der Waals surface area (Å²) in [5.74, 6) is -0.648. The van der Waals surface area contributed by atoms with E-state index in [4.69, 9.17) is 4.74 Å². The van der Waals surface area contributed by atoms with Crippen molar-refractivity contribution >= 4 is 21.7 Å². The zero-order valence-corrected chi connectivity index (χ0v) is 12.5. The van der Waals surface area contributed by atoms with Crippen LogP contribution in [0.1, 0.15) is 13.8 Å². The summed E-state index contributed by atoms with van der Waals surface area (Å²) in [6.45, 7) is 3.05. The summed E-state index contributed by atoms with van der Waals surface area (Å²) in [6, 6.07) is 4.48. The first-order valence-electron chi connectivity index (χ1n) is 6.23. The Morgan fingerprint density at radius 3 is 2.29 bits per heavy atom. The van der Waals surface area contributed by atoms with Crippen LogP contribution >= 0.6 is 0 Å². The average Bonchev–Trinajstić information content (AvgIpc) is 2.45. The second-order valence-electron chi connectivity index (χ2n) is 3.99. The van der Waals surface area contributed by atoms with Crippen molar-refractivity contribution in [1.29, 1.82) is 0 Å². The number of non-ortho nitro benzene ring substituents is 1. The highest BCUT2D eigenvalue weighted by Crippen LogP contribution is 2.19. The normalized spacial score (nSPS) is 11.4. The number of hydrogen-bond acceptors (Lipinski definition) is 6. The summed E-state index contributed by atoms with van der Waals surface area (Å²) in [5.41, 5.74) is -0.206. The minimum atomic E-state index is -3.90. The zero-order valence-electron chi connectivity index (χ0n) is 11.7. The highest BCUT2D eigenvalue weighted by Gasteiger charge is 2.26. The van der Waals surface area contributed by atoms with Gasteiger partial charge in [-0.15, -0.1) is 0 Å². The third-order valence-corrected chi connectivity index (χ3v) is 4.58. The van der Waals surface area contributed by atoms with Gasteiger partial charge in [0.15, 0.2) is 0 Å². The van der Waals surface area contributed by atoms with Crippen LogP contribution in [0.15, 0.2) is 29.2 Å². The molecule has 0 bridgehead atoms. The fourth-order valence-electron chi connectivity index (χ4n) is 1.61. The summed E-state index contributed by atoms with van der Waals surface area (Å²) >= 11 is 0. The Morgan fingerprint density at radius 1 is 1.29 bits per heavy atom. The Morgan fingerprint density at radius 2 is 1.86 bits per heavy atom. The molecule has 0 amide bonds. The van der Waals surface area contributed by atoms with Crippen molar-refractivity contribution in [3.63, 3.8) is 0 Å². The van der Waals surface area contributed by atoms with Crippen LogP contribution in [0.5, 0.6) is 0 Å². The van der Waals surface area contributed by atoms with Crippen molar-refractivity contribution in [1.82, 2.24) is 4.31 Å². The topological polar surface area (TPSA) is 107 Å². The lowest BCUT2D eigenvalue weighted by atomic mass is 10.3. The first-order chi connectivity index (χ1) is 9.82. The van der Waals surface area contributed by atoms with Gasteiger partial charge in [-0.05, 0) is 19.1 Å². The smallest absolute Gasteiger partial charge is 0.321 e. The lowest BCUT2D eigenvalue weighted by molar-refractivity contribution is -0.384. The van der Waals surface area contributed by atoms with E-state index >= 15 is 0 Å². The van der Waals surface area contributed by atoms with Gasteiger partial charge in [0.1, 0.15) is 6.54 Å². The van der Waals surface area contributed by atoms with Gasteiger partial charge in [0, 0.05) is 18.7 Å². The lowest BCUT2D eigenvalue weighted by Crippen LogP contribution is -2.36. The van der Waals surface area contributed by atoms with Crippen molar-refractivity contribution in [3.05, 3.63) is 34.4 Å². The minimum Gasteiger partial charge on any atom is -0.465 e. The van der Waals surface area contributed by atoms with E-state index < -0.39 is 27.5 Å². The fraction of sp³-hybridized carbons (Fsp3) is 0.417. The molecule has 0 N–H and O–H groups in total. The molecule has 0 heterocycles. The van der Waals surface area contributed by atoms with Gasteiger partial charge < -0.3 is 4.74 Å². The number of nitrogens with zero attached hydrogens (tertiary/aromatic N) is 2. The van der Waals surface area contributed by atoms with Crippen molar-refractivity contribution < 1.29 is 22.9 Å². The van der Waals surface area contributed by atoms with Gasteiger partial charge >= 0.3 is 5.97 Å². The lowest BCUT2D eigenvalue weighted by Gasteiger charge is -2.19. The van der Waals surface area contributed by atoms with E-state index in [1.807, 2.05) is 0 Å². The van der Waals surface area contributed by atoms with Gasteiger partial charge in [-0.1, -0.05) is 6.92 Å². The highest BCUT2D eigenvalue weighted by molar-refractivity contribution is 7.89. The molecule has 0 spiro atoms. The fourth-order valence-corrected chi connectivity index (χ4v) is 3.00. The van der Waals surface area contributed by atoms with Gasteiger partial charge in [-0.3, -0.25) is 14.9 Å². The third-order valence-electron chi connectivity index (χ3n) is 2.65. The third kappa shape index (κ3) is 4.23. The maximum atomic E-state index is 12.3. The number of ether oxygens (including phenoxy) is 1. The van der Waals surface area contributed by atoms with E-state index in [0.29, 0.717) is 0 Å². The number of carbonyl (C=O) groups is 1.